The molecule has 1 heterocycles. The van der Waals surface area contributed by atoms with Crippen molar-refractivity contribution in [3.8, 4) is 0 Å². The minimum Gasteiger partial charge on any atom is -0.351 e. The Morgan fingerprint density at radius 1 is 1.37 bits per heavy atom. The summed E-state index contributed by atoms with van der Waals surface area (Å²) in [7, 11) is -5.74. The lowest BCUT2D eigenvalue weighted by molar-refractivity contribution is 0.403. The monoisotopic (exact) mass is 332 g/mol. The van der Waals surface area contributed by atoms with Gasteiger partial charge in [-0.1, -0.05) is 13.5 Å². The maximum Gasteiger partial charge on any atom is 0.692 e. The first kappa shape index (κ1) is 20.9. The minimum absolute atomic E-state index is 0.431. The highest BCUT2D eigenvalue weighted by Crippen LogP contribution is 2.17. The molecule has 0 aliphatic carbocycles. The highest BCUT2D eigenvalue weighted by molar-refractivity contribution is 7.81. The molecule has 0 aromatic carbocycles. The lowest BCUT2D eigenvalue weighted by atomic mass is 10.0. The van der Waals surface area contributed by atoms with Crippen molar-refractivity contribution in [1.29, 1.82) is 0 Å². The molecule has 0 saturated heterocycles. The van der Waals surface area contributed by atoms with Crippen LogP contribution in [-0.4, -0.2) is 37.2 Å². The Balaban J connectivity index is 0. The highest BCUT2D eigenvalue weighted by Gasteiger charge is 2.18. The molecule has 1 aliphatic heterocycles. The van der Waals surface area contributed by atoms with E-state index in [1.807, 2.05) is 0 Å². The number of nitrogens with one attached hydrogen (secondary N) is 1. The Bertz CT molecular complexity index is 321. The standard InChI is InChI=1S/C8H14N2S.2HO3P/c1-3-9-8-6(2)4-7(11)5-10-8;2*1-4(2)3/h3,6-7,11H,1,4-5H2,2H3,(H,9,10);2*(H-,1,2,3)/p+2. The van der Waals surface area contributed by atoms with Gasteiger partial charge in [0.15, 0.2) is 0 Å². The number of hydrogen-bond acceptors (Lipinski definition) is 5. The molecule has 0 aromatic rings. The van der Waals surface area contributed by atoms with Gasteiger partial charge in [-0.15, -0.1) is 19.6 Å². The zero-order valence-corrected chi connectivity index (χ0v) is 12.9. The first-order chi connectivity index (χ1) is 8.70. The molecule has 19 heavy (non-hydrogen) atoms. The maximum atomic E-state index is 8.70. The second kappa shape index (κ2) is 12.6. The molecule has 2 atom stereocenters. The smallest absolute Gasteiger partial charge is 0.351 e. The van der Waals surface area contributed by atoms with E-state index in [0.29, 0.717) is 11.2 Å². The second-order valence-corrected chi connectivity index (χ2v) is 5.11. The van der Waals surface area contributed by atoms with Crippen molar-refractivity contribution in [1.82, 2.24) is 5.32 Å². The molecule has 5 N–H and O–H groups in total. The third-order valence-electron chi connectivity index (χ3n) is 1.81. The summed E-state index contributed by atoms with van der Waals surface area (Å²) in [6.07, 6.45) is 2.77. The van der Waals surface area contributed by atoms with E-state index in [2.05, 4.69) is 36.4 Å². The quantitative estimate of drug-likeness (QED) is 0.307. The number of hydrogen-bond donors (Lipinski definition) is 6. The first-order valence-electron chi connectivity index (χ1n) is 5.00. The molecule has 1 aliphatic rings. The summed E-state index contributed by atoms with van der Waals surface area (Å²) in [6, 6.07) is 0. The molecule has 0 aromatic heterocycles. The van der Waals surface area contributed by atoms with Gasteiger partial charge in [-0.05, 0) is 12.6 Å². The fourth-order valence-corrected chi connectivity index (χ4v) is 1.64. The molecular formula is C8H18N2O6P2S+2. The maximum absolute atomic E-state index is 8.70. The molecule has 2 unspecified atom stereocenters. The Morgan fingerprint density at radius 3 is 2.11 bits per heavy atom. The van der Waals surface area contributed by atoms with E-state index >= 15 is 0 Å². The average Bonchev–Trinajstić information content (AvgIpc) is 2.20. The van der Waals surface area contributed by atoms with Gasteiger partial charge in [0, 0.05) is 20.3 Å². The van der Waals surface area contributed by atoms with Gasteiger partial charge in [-0.25, -0.2) is 0 Å². The van der Waals surface area contributed by atoms with Gasteiger partial charge < -0.3 is 5.32 Å². The van der Waals surface area contributed by atoms with Crippen LogP contribution >= 0.6 is 29.1 Å². The topological polar surface area (TPSA) is 139 Å². The molecule has 11 heteroatoms. The molecule has 0 spiro atoms. The van der Waals surface area contributed by atoms with Gasteiger partial charge in [0.2, 0.25) is 0 Å². The Labute approximate surface area is 118 Å². The summed E-state index contributed by atoms with van der Waals surface area (Å²) < 4.78 is 17.4. The Morgan fingerprint density at radius 2 is 1.79 bits per heavy atom. The number of aliphatic imine (C=N–C) groups is 1. The lowest BCUT2D eigenvalue weighted by Gasteiger charge is -2.22. The van der Waals surface area contributed by atoms with Crippen LogP contribution in [0.2, 0.25) is 0 Å². The number of amidine groups is 1. The predicted octanol–water partition coefficient (Wildman–Crippen LogP) is 0.713. The molecule has 8 nitrogen and oxygen atoms in total. The second-order valence-electron chi connectivity index (χ2n) is 3.37. The van der Waals surface area contributed by atoms with Gasteiger partial charge in [-0.2, -0.15) is 12.6 Å². The van der Waals surface area contributed by atoms with Crippen LogP contribution < -0.4 is 5.32 Å². The van der Waals surface area contributed by atoms with Crippen molar-refractivity contribution in [3.63, 3.8) is 0 Å². The Hall–Kier alpha value is -0.400. The van der Waals surface area contributed by atoms with E-state index in [9.17, 15) is 0 Å². The van der Waals surface area contributed by atoms with Crippen LogP contribution in [0.5, 0.6) is 0 Å². The molecule has 110 valence electrons. The van der Waals surface area contributed by atoms with Crippen molar-refractivity contribution < 1.29 is 28.7 Å². The molecule has 0 fully saturated rings. The van der Waals surface area contributed by atoms with E-state index in [0.717, 1.165) is 18.8 Å². The molecule has 0 saturated carbocycles. The summed E-state index contributed by atoms with van der Waals surface area (Å²) in [4.78, 5) is 32.8. The van der Waals surface area contributed by atoms with Gasteiger partial charge in [-0.3, -0.25) is 4.99 Å². The summed E-state index contributed by atoms with van der Waals surface area (Å²) in [6.45, 7) is 6.57. The van der Waals surface area contributed by atoms with Crippen molar-refractivity contribution in [2.75, 3.05) is 6.54 Å². The van der Waals surface area contributed by atoms with Crippen LogP contribution in [0, 0.1) is 5.92 Å². The zero-order valence-electron chi connectivity index (χ0n) is 10.2. The fraction of sp³-hybridized carbons (Fsp3) is 0.625. The van der Waals surface area contributed by atoms with Crippen molar-refractivity contribution in [2.24, 2.45) is 10.9 Å². The minimum atomic E-state index is -2.87. The highest BCUT2D eigenvalue weighted by atomic mass is 32.1. The normalized spacial score (nSPS) is 20.6. The van der Waals surface area contributed by atoms with E-state index in [1.165, 1.54) is 0 Å². The predicted molar refractivity (Wildman–Crippen MR) is 76.3 cm³/mol. The fourth-order valence-electron chi connectivity index (χ4n) is 1.25. The van der Waals surface area contributed by atoms with Crippen molar-refractivity contribution in [2.45, 2.75) is 18.6 Å². The van der Waals surface area contributed by atoms with Crippen LogP contribution in [-0.2, 0) is 9.13 Å². The molecule has 0 radical (unpaired) electrons. The van der Waals surface area contributed by atoms with Crippen LogP contribution in [0.25, 0.3) is 0 Å². The van der Waals surface area contributed by atoms with E-state index in [4.69, 9.17) is 28.7 Å². The molecule has 1 rings (SSSR count). The third kappa shape index (κ3) is 17.6. The van der Waals surface area contributed by atoms with E-state index in [1.54, 1.807) is 6.20 Å². The third-order valence-corrected chi connectivity index (χ3v) is 2.19. The summed E-state index contributed by atoms with van der Waals surface area (Å²) in [5.41, 5.74) is 0. The summed E-state index contributed by atoms with van der Waals surface area (Å²) in [5, 5.41) is 3.47. The molecular weight excluding hydrogens is 314 g/mol. The SMILES string of the molecule is C=CNC1=NCC(S)CC1C.O=[P+](O)O.O=[P+](O)O. The zero-order chi connectivity index (χ0) is 15.4. The van der Waals surface area contributed by atoms with Crippen LogP contribution in [0.1, 0.15) is 13.3 Å². The average molecular weight is 332 g/mol. The van der Waals surface area contributed by atoms with Crippen LogP contribution in [0.3, 0.4) is 0 Å². The number of nitrogens with zero attached hydrogens (tertiary/aromatic N) is 1. The van der Waals surface area contributed by atoms with Gasteiger partial charge in [0.1, 0.15) is 5.84 Å². The summed E-state index contributed by atoms with van der Waals surface area (Å²) in [5.74, 6) is 1.54. The molecule has 0 amide bonds. The Kier molecular flexibility index (Phi) is 13.9. The number of thiol groups is 1. The van der Waals surface area contributed by atoms with E-state index in [-0.39, 0.29) is 0 Å². The largest absolute Gasteiger partial charge is 0.692 e. The van der Waals surface area contributed by atoms with Crippen molar-refractivity contribution in [3.05, 3.63) is 12.8 Å². The van der Waals surface area contributed by atoms with Crippen LogP contribution in [0.4, 0.5) is 0 Å². The first-order valence-corrected chi connectivity index (χ1v) is 7.85. The molecule has 0 bridgehead atoms. The van der Waals surface area contributed by atoms with Gasteiger partial charge in [0.25, 0.3) is 0 Å². The van der Waals surface area contributed by atoms with E-state index < -0.39 is 16.5 Å². The number of rotatable bonds is 1. The van der Waals surface area contributed by atoms with Crippen LogP contribution in [0.15, 0.2) is 17.8 Å². The van der Waals surface area contributed by atoms with Gasteiger partial charge in [0.05, 0.1) is 6.54 Å². The lowest BCUT2D eigenvalue weighted by Crippen LogP contribution is -2.32. The van der Waals surface area contributed by atoms with Gasteiger partial charge >= 0.3 is 16.5 Å². The summed E-state index contributed by atoms with van der Waals surface area (Å²) >= 11 is 4.37. The van der Waals surface area contributed by atoms with Crippen molar-refractivity contribution >= 4 is 35.0 Å².